The molecule has 2 amide bonds. The molecule has 0 radical (unpaired) electrons. The Kier molecular flexibility index (Phi) is 5.16. The predicted octanol–water partition coefficient (Wildman–Crippen LogP) is 3.16. The molecule has 5 nitrogen and oxygen atoms in total. The van der Waals surface area contributed by atoms with Crippen LogP contribution in [0, 0.1) is 5.41 Å². The first-order chi connectivity index (χ1) is 11.6. The van der Waals surface area contributed by atoms with Crippen molar-refractivity contribution < 1.29 is 9.90 Å². The fourth-order valence-electron chi connectivity index (χ4n) is 3.17. The molecule has 0 saturated heterocycles. The van der Waals surface area contributed by atoms with Crippen molar-refractivity contribution in [3.8, 4) is 11.3 Å². The minimum absolute atomic E-state index is 0.0266. The molecule has 1 aliphatic rings. The second-order valence-corrected chi connectivity index (χ2v) is 7.52. The lowest BCUT2D eigenvalue weighted by Gasteiger charge is -2.30. The van der Waals surface area contributed by atoms with Crippen molar-refractivity contribution in [3.05, 3.63) is 40.7 Å². The van der Waals surface area contributed by atoms with Crippen molar-refractivity contribution in [2.75, 3.05) is 6.61 Å². The number of amides is 2. The summed E-state index contributed by atoms with van der Waals surface area (Å²) in [4.78, 5) is 16.7. The Bertz CT molecular complexity index is 689. The molecule has 1 aromatic carbocycles. The van der Waals surface area contributed by atoms with Gasteiger partial charge in [0, 0.05) is 22.4 Å². The minimum atomic E-state index is -0.209. The number of thiazole rings is 1. The molecule has 0 spiro atoms. The molecule has 0 bridgehead atoms. The van der Waals surface area contributed by atoms with Crippen LogP contribution in [0.4, 0.5) is 4.79 Å². The molecule has 2 aromatic rings. The minimum Gasteiger partial charge on any atom is -0.396 e. The SMILES string of the molecule is CC1(CO)CCCC1NC(=O)NCc1nc(-c2ccccc2)cs1. The van der Waals surface area contributed by atoms with E-state index in [4.69, 9.17) is 0 Å². The molecule has 1 heterocycles. The van der Waals surface area contributed by atoms with Gasteiger partial charge in [-0.05, 0) is 12.8 Å². The van der Waals surface area contributed by atoms with Crippen LogP contribution in [0.5, 0.6) is 0 Å². The van der Waals surface area contributed by atoms with Gasteiger partial charge in [-0.15, -0.1) is 11.3 Å². The van der Waals surface area contributed by atoms with E-state index in [1.807, 2.05) is 42.6 Å². The molecular formula is C18H23N3O2S. The second-order valence-electron chi connectivity index (χ2n) is 6.58. The fourth-order valence-corrected chi connectivity index (χ4v) is 3.91. The van der Waals surface area contributed by atoms with Crippen LogP contribution >= 0.6 is 11.3 Å². The third-order valence-electron chi connectivity index (χ3n) is 4.77. The van der Waals surface area contributed by atoms with Crippen LogP contribution in [-0.4, -0.2) is 28.8 Å². The van der Waals surface area contributed by atoms with Crippen LogP contribution in [0.25, 0.3) is 11.3 Å². The first-order valence-electron chi connectivity index (χ1n) is 8.26. The summed E-state index contributed by atoms with van der Waals surface area (Å²) in [6.45, 7) is 2.54. The summed E-state index contributed by atoms with van der Waals surface area (Å²) < 4.78 is 0. The molecule has 2 unspecified atom stereocenters. The zero-order chi connectivity index (χ0) is 17.0. The molecule has 1 aromatic heterocycles. The highest BCUT2D eigenvalue weighted by Gasteiger charge is 2.39. The highest BCUT2D eigenvalue weighted by Crippen LogP contribution is 2.37. The second kappa shape index (κ2) is 7.32. The third-order valence-corrected chi connectivity index (χ3v) is 5.62. The Morgan fingerprint density at radius 1 is 1.42 bits per heavy atom. The number of urea groups is 1. The molecule has 6 heteroatoms. The highest BCUT2D eigenvalue weighted by atomic mass is 32.1. The van der Waals surface area contributed by atoms with Crippen molar-refractivity contribution in [1.82, 2.24) is 15.6 Å². The molecule has 24 heavy (non-hydrogen) atoms. The van der Waals surface area contributed by atoms with Crippen molar-refractivity contribution in [1.29, 1.82) is 0 Å². The molecule has 1 fully saturated rings. The van der Waals surface area contributed by atoms with Crippen LogP contribution in [0.15, 0.2) is 35.7 Å². The van der Waals surface area contributed by atoms with Crippen molar-refractivity contribution in [2.24, 2.45) is 5.41 Å². The number of aliphatic hydroxyl groups is 1. The molecular weight excluding hydrogens is 322 g/mol. The highest BCUT2D eigenvalue weighted by molar-refractivity contribution is 7.09. The van der Waals surface area contributed by atoms with Gasteiger partial charge in [0.05, 0.1) is 18.8 Å². The van der Waals surface area contributed by atoms with E-state index in [1.54, 1.807) is 0 Å². The normalized spacial score (nSPS) is 23.2. The van der Waals surface area contributed by atoms with Gasteiger partial charge in [0.2, 0.25) is 0 Å². The molecule has 128 valence electrons. The summed E-state index contributed by atoms with van der Waals surface area (Å²) in [5.74, 6) is 0. The van der Waals surface area contributed by atoms with E-state index in [-0.39, 0.29) is 24.1 Å². The van der Waals surface area contributed by atoms with E-state index in [9.17, 15) is 9.90 Å². The Labute approximate surface area is 146 Å². The van der Waals surface area contributed by atoms with Gasteiger partial charge in [-0.2, -0.15) is 0 Å². The van der Waals surface area contributed by atoms with E-state index in [1.165, 1.54) is 11.3 Å². The third kappa shape index (κ3) is 3.76. The van der Waals surface area contributed by atoms with Crippen LogP contribution in [0.3, 0.4) is 0 Å². The van der Waals surface area contributed by atoms with Crippen LogP contribution in [0.1, 0.15) is 31.2 Å². The standard InChI is InChI=1S/C18H23N3O2S/c1-18(12-22)9-5-8-15(18)21-17(23)19-10-16-20-14(11-24-16)13-6-3-2-4-7-13/h2-4,6-7,11,15,22H,5,8-10,12H2,1H3,(H2,19,21,23). The molecule has 3 N–H and O–H groups in total. The first kappa shape index (κ1) is 16.9. The number of benzene rings is 1. The molecule has 1 saturated carbocycles. The Hall–Kier alpha value is -1.92. The summed E-state index contributed by atoms with van der Waals surface area (Å²) >= 11 is 1.54. The average Bonchev–Trinajstić information content (AvgIpc) is 3.22. The van der Waals surface area contributed by atoms with Crippen LogP contribution < -0.4 is 10.6 Å². The van der Waals surface area contributed by atoms with Crippen molar-refractivity contribution >= 4 is 17.4 Å². The number of aliphatic hydroxyl groups excluding tert-OH is 1. The number of aromatic nitrogens is 1. The molecule has 1 aliphatic carbocycles. The van der Waals surface area contributed by atoms with E-state index in [0.29, 0.717) is 6.54 Å². The largest absolute Gasteiger partial charge is 0.396 e. The van der Waals surface area contributed by atoms with Gasteiger partial charge in [0.15, 0.2) is 0 Å². The summed E-state index contributed by atoms with van der Waals surface area (Å²) in [5.41, 5.74) is 1.80. The zero-order valence-electron chi connectivity index (χ0n) is 13.8. The van der Waals surface area contributed by atoms with Crippen molar-refractivity contribution in [3.63, 3.8) is 0 Å². The van der Waals surface area contributed by atoms with E-state index in [0.717, 1.165) is 35.5 Å². The summed E-state index contributed by atoms with van der Waals surface area (Å²) in [5, 5.41) is 18.3. The molecule has 2 atom stereocenters. The Morgan fingerprint density at radius 2 is 2.21 bits per heavy atom. The van der Waals surface area contributed by atoms with Gasteiger partial charge >= 0.3 is 6.03 Å². The van der Waals surface area contributed by atoms with Gasteiger partial charge in [-0.25, -0.2) is 9.78 Å². The van der Waals surface area contributed by atoms with Gasteiger partial charge in [-0.1, -0.05) is 43.7 Å². The van der Waals surface area contributed by atoms with Gasteiger partial charge < -0.3 is 15.7 Å². The van der Waals surface area contributed by atoms with Crippen LogP contribution in [0.2, 0.25) is 0 Å². The zero-order valence-corrected chi connectivity index (χ0v) is 14.6. The lowest BCUT2D eigenvalue weighted by atomic mass is 9.86. The van der Waals surface area contributed by atoms with Crippen molar-refractivity contribution in [2.45, 2.75) is 38.8 Å². The van der Waals surface area contributed by atoms with Gasteiger partial charge in [-0.3, -0.25) is 0 Å². The van der Waals surface area contributed by atoms with E-state index in [2.05, 4.69) is 15.6 Å². The topological polar surface area (TPSA) is 74.2 Å². The lowest BCUT2D eigenvalue weighted by Crippen LogP contribution is -2.48. The Morgan fingerprint density at radius 3 is 2.96 bits per heavy atom. The van der Waals surface area contributed by atoms with E-state index >= 15 is 0 Å². The average molecular weight is 345 g/mol. The number of carbonyl (C=O) groups excluding carboxylic acids is 1. The number of hydrogen-bond donors (Lipinski definition) is 3. The monoisotopic (exact) mass is 345 g/mol. The summed E-state index contributed by atoms with van der Waals surface area (Å²) in [6, 6.07) is 9.83. The number of rotatable bonds is 5. The lowest BCUT2D eigenvalue weighted by molar-refractivity contribution is 0.121. The van der Waals surface area contributed by atoms with Gasteiger partial charge in [0.25, 0.3) is 0 Å². The Balaban J connectivity index is 1.53. The maximum atomic E-state index is 12.1. The molecule has 3 rings (SSSR count). The maximum Gasteiger partial charge on any atom is 0.315 e. The molecule has 0 aliphatic heterocycles. The maximum absolute atomic E-state index is 12.1. The number of hydrogen-bond acceptors (Lipinski definition) is 4. The number of carbonyl (C=O) groups is 1. The fraction of sp³-hybridized carbons (Fsp3) is 0.444. The predicted molar refractivity (Wildman–Crippen MR) is 95.8 cm³/mol. The number of nitrogens with one attached hydrogen (secondary N) is 2. The van der Waals surface area contributed by atoms with E-state index < -0.39 is 0 Å². The first-order valence-corrected chi connectivity index (χ1v) is 9.14. The summed E-state index contributed by atoms with van der Waals surface area (Å²) in [7, 11) is 0. The quantitative estimate of drug-likeness (QED) is 0.779. The van der Waals surface area contributed by atoms with Gasteiger partial charge in [0.1, 0.15) is 5.01 Å². The smallest absolute Gasteiger partial charge is 0.315 e. The summed E-state index contributed by atoms with van der Waals surface area (Å²) in [6.07, 6.45) is 2.90. The van der Waals surface area contributed by atoms with Crippen LogP contribution in [-0.2, 0) is 6.54 Å². The number of nitrogens with zero attached hydrogens (tertiary/aromatic N) is 1.